The molecule has 108 valence electrons. The molecule has 0 N–H and O–H groups in total. The van der Waals surface area contributed by atoms with E-state index < -0.39 is 0 Å². The average molecular weight is 378 g/mol. The maximum Gasteiger partial charge on any atom is 0.0953 e. The monoisotopic (exact) mass is 377 g/mol. The summed E-state index contributed by atoms with van der Waals surface area (Å²) in [5, 5.41) is 1.23. The number of hydrogen-bond donors (Lipinski definition) is 0. The molecule has 0 radical (unpaired) electrons. The van der Waals surface area contributed by atoms with Gasteiger partial charge in [0.15, 0.2) is 0 Å². The zero-order chi connectivity index (χ0) is 14.2. The van der Waals surface area contributed by atoms with E-state index in [2.05, 4.69) is 46.3 Å². The fourth-order valence-electron chi connectivity index (χ4n) is 2.93. The third-order valence-corrected chi connectivity index (χ3v) is 7.55. The molecule has 4 heteroatoms. The summed E-state index contributed by atoms with van der Waals surface area (Å²) in [7, 11) is 0. The number of hydrogen-bond acceptors (Lipinski definition) is 3. The molecule has 2 aromatic heterocycles. The summed E-state index contributed by atoms with van der Waals surface area (Å²) in [5.74, 6) is 0. The highest BCUT2D eigenvalue weighted by Crippen LogP contribution is 2.38. The number of thiophene rings is 1. The number of benzene rings is 1. The summed E-state index contributed by atoms with van der Waals surface area (Å²) in [5.41, 5.74) is 2.72. The standard InChI is InChI=1S/C17H16BrNS2/c18-12(16-9-11-5-1-3-7-14(11)20-16)10-17-19-13-6-2-4-8-15(13)21-17/h2,4,6,8-9,12H,1,3,5,7,10H2. The minimum absolute atomic E-state index is 0.397. The van der Waals surface area contributed by atoms with Crippen LogP contribution in [0.5, 0.6) is 0 Å². The number of aryl methyl sites for hydroxylation is 2. The van der Waals surface area contributed by atoms with E-state index in [0.717, 1.165) is 11.9 Å². The van der Waals surface area contributed by atoms with Crippen LogP contribution in [0.1, 0.15) is 38.0 Å². The highest BCUT2D eigenvalue weighted by Gasteiger charge is 2.19. The van der Waals surface area contributed by atoms with Crippen molar-refractivity contribution in [1.82, 2.24) is 4.98 Å². The van der Waals surface area contributed by atoms with E-state index in [1.165, 1.54) is 40.3 Å². The predicted molar refractivity (Wildman–Crippen MR) is 96.0 cm³/mol. The van der Waals surface area contributed by atoms with Crippen molar-refractivity contribution >= 4 is 48.8 Å². The quantitative estimate of drug-likeness (QED) is 0.516. The van der Waals surface area contributed by atoms with Crippen LogP contribution in [-0.2, 0) is 19.3 Å². The fourth-order valence-corrected chi connectivity index (χ4v) is 6.11. The van der Waals surface area contributed by atoms with Crippen molar-refractivity contribution in [1.29, 1.82) is 0 Å². The van der Waals surface area contributed by atoms with E-state index in [1.54, 1.807) is 10.4 Å². The highest BCUT2D eigenvalue weighted by atomic mass is 79.9. The smallest absolute Gasteiger partial charge is 0.0953 e. The van der Waals surface area contributed by atoms with Crippen LogP contribution >= 0.6 is 38.6 Å². The van der Waals surface area contributed by atoms with Crippen molar-refractivity contribution in [3.05, 3.63) is 50.7 Å². The Kier molecular flexibility index (Phi) is 3.86. The van der Waals surface area contributed by atoms with Crippen molar-refractivity contribution < 1.29 is 0 Å². The Morgan fingerprint density at radius 1 is 1.14 bits per heavy atom. The largest absolute Gasteiger partial charge is 0.241 e. The average Bonchev–Trinajstić information content (AvgIpc) is 3.10. The molecule has 4 rings (SSSR count). The molecule has 2 heterocycles. The van der Waals surface area contributed by atoms with Gasteiger partial charge in [0.05, 0.1) is 20.1 Å². The summed E-state index contributed by atoms with van der Waals surface area (Å²) in [6.07, 6.45) is 6.25. The number of thiazole rings is 1. The van der Waals surface area contributed by atoms with Crippen molar-refractivity contribution in [3.8, 4) is 0 Å². The summed E-state index contributed by atoms with van der Waals surface area (Å²) in [4.78, 5) is 8.24. The molecule has 1 atom stereocenters. The molecule has 1 nitrogen and oxygen atoms in total. The third-order valence-electron chi connectivity index (χ3n) is 4.02. The van der Waals surface area contributed by atoms with E-state index >= 15 is 0 Å². The van der Waals surface area contributed by atoms with Gasteiger partial charge in [-0.3, -0.25) is 0 Å². The number of fused-ring (bicyclic) bond motifs is 2. The molecule has 1 aliphatic carbocycles. The molecular formula is C17H16BrNS2. The maximum absolute atomic E-state index is 4.75. The predicted octanol–water partition coefficient (Wildman–Crippen LogP) is 5.92. The Hall–Kier alpha value is -0.710. The van der Waals surface area contributed by atoms with Crippen LogP contribution < -0.4 is 0 Å². The van der Waals surface area contributed by atoms with Gasteiger partial charge >= 0.3 is 0 Å². The lowest BCUT2D eigenvalue weighted by atomic mass is 9.99. The first kappa shape index (κ1) is 13.9. The normalized spacial score (nSPS) is 16.0. The van der Waals surface area contributed by atoms with Crippen LogP contribution in [0, 0.1) is 0 Å². The van der Waals surface area contributed by atoms with Gasteiger partial charge in [0.2, 0.25) is 0 Å². The zero-order valence-electron chi connectivity index (χ0n) is 11.6. The van der Waals surface area contributed by atoms with Crippen molar-refractivity contribution in [2.45, 2.75) is 36.9 Å². The van der Waals surface area contributed by atoms with Crippen molar-refractivity contribution in [2.24, 2.45) is 0 Å². The van der Waals surface area contributed by atoms with E-state index in [9.17, 15) is 0 Å². The number of para-hydroxylation sites is 1. The van der Waals surface area contributed by atoms with Gasteiger partial charge in [0, 0.05) is 16.2 Å². The van der Waals surface area contributed by atoms with Crippen LogP contribution in [0.15, 0.2) is 30.3 Å². The molecule has 0 saturated carbocycles. The number of rotatable bonds is 3. The van der Waals surface area contributed by atoms with Crippen molar-refractivity contribution in [2.75, 3.05) is 0 Å². The van der Waals surface area contributed by atoms with E-state index in [1.807, 2.05) is 22.7 Å². The van der Waals surface area contributed by atoms with Crippen LogP contribution in [0.2, 0.25) is 0 Å². The summed E-state index contributed by atoms with van der Waals surface area (Å²) < 4.78 is 1.29. The van der Waals surface area contributed by atoms with Gasteiger partial charge in [0.1, 0.15) is 0 Å². The maximum atomic E-state index is 4.75. The SMILES string of the molecule is BrC(Cc1nc2ccccc2s1)c1cc2c(s1)CCCC2. The molecule has 0 fully saturated rings. The first-order valence-corrected chi connectivity index (χ1v) is 9.94. The van der Waals surface area contributed by atoms with Gasteiger partial charge in [-0.25, -0.2) is 4.98 Å². The molecule has 0 bridgehead atoms. The Morgan fingerprint density at radius 2 is 2.00 bits per heavy atom. The number of nitrogens with zero attached hydrogens (tertiary/aromatic N) is 1. The Morgan fingerprint density at radius 3 is 2.86 bits per heavy atom. The van der Waals surface area contributed by atoms with E-state index in [-0.39, 0.29) is 0 Å². The molecule has 0 amide bonds. The third kappa shape index (κ3) is 2.81. The van der Waals surface area contributed by atoms with E-state index in [0.29, 0.717) is 4.83 Å². The summed E-state index contributed by atoms with van der Waals surface area (Å²) in [6.45, 7) is 0. The molecule has 1 aliphatic rings. The first-order valence-electron chi connectivity index (χ1n) is 7.39. The van der Waals surface area contributed by atoms with Crippen LogP contribution in [-0.4, -0.2) is 4.98 Å². The Bertz CT molecular complexity index is 718. The minimum Gasteiger partial charge on any atom is -0.241 e. The Balaban J connectivity index is 1.57. The molecule has 21 heavy (non-hydrogen) atoms. The molecule has 0 aliphatic heterocycles. The number of aromatic nitrogens is 1. The number of alkyl halides is 1. The molecule has 0 spiro atoms. The molecule has 3 aromatic rings. The Labute approximate surface area is 141 Å². The topological polar surface area (TPSA) is 12.9 Å². The number of halogens is 1. The molecule has 0 saturated heterocycles. The minimum atomic E-state index is 0.397. The lowest BCUT2D eigenvalue weighted by Gasteiger charge is -2.08. The second-order valence-electron chi connectivity index (χ2n) is 5.55. The lowest BCUT2D eigenvalue weighted by Crippen LogP contribution is -1.96. The van der Waals surface area contributed by atoms with Crippen LogP contribution in [0.4, 0.5) is 0 Å². The molecular weight excluding hydrogens is 362 g/mol. The second kappa shape index (κ2) is 5.82. The first-order chi connectivity index (χ1) is 10.3. The summed E-state index contributed by atoms with van der Waals surface area (Å²) in [6, 6.07) is 10.8. The van der Waals surface area contributed by atoms with Gasteiger partial charge in [-0.2, -0.15) is 0 Å². The summed E-state index contributed by atoms with van der Waals surface area (Å²) >= 11 is 7.70. The van der Waals surface area contributed by atoms with Gasteiger partial charge in [-0.05, 0) is 49.4 Å². The molecule has 1 unspecified atom stereocenters. The molecule has 1 aromatic carbocycles. The highest BCUT2D eigenvalue weighted by molar-refractivity contribution is 9.09. The van der Waals surface area contributed by atoms with Crippen LogP contribution in [0.3, 0.4) is 0 Å². The zero-order valence-corrected chi connectivity index (χ0v) is 14.9. The fraction of sp³-hybridized carbons (Fsp3) is 0.353. The van der Waals surface area contributed by atoms with E-state index in [4.69, 9.17) is 4.98 Å². The van der Waals surface area contributed by atoms with Gasteiger partial charge in [-0.15, -0.1) is 22.7 Å². The van der Waals surface area contributed by atoms with Gasteiger partial charge in [0.25, 0.3) is 0 Å². The van der Waals surface area contributed by atoms with Crippen molar-refractivity contribution in [3.63, 3.8) is 0 Å². The van der Waals surface area contributed by atoms with Gasteiger partial charge < -0.3 is 0 Å². The second-order valence-corrected chi connectivity index (χ2v) is 8.94. The van der Waals surface area contributed by atoms with Gasteiger partial charge in [-0.1, -0.05) is 28.1 Å². The van der Waals surface area contributed by atoms with Crippen LogP contribution in [0.25, 0.3) is 10.2 Å². The lowest BCUT2D eigenvalue weighted by molar-refractivity contribution is 0.697.